The van der Waals surface area contributed by atoms with Gasteiger partial charge in [-0.1, -0.05) is 83.6 Å². The van der Waals surface area contributed by atoms with Gasteiger partial charge in [-0.25, -0.2) is 4.98 Å². The van der Waals surface area contributed by atoms with Crippen molar-refractivity contribution in [2.75, 3.05) is 5.32 Å². The molecule has 0 aliphatic rings. The van der Waals surface area contributed by atoms with Crippen LogP contribution in [0.3, 0.4) is 0 Å². The van der Waals surface area contributed by atoms with E-state index in [0.717, 1.165) is 22.4 Å². The topological polar surface area (TPSA) is 61.7 Å². The zero-order chi connectivity index (χ0) is 22.3. The number of nitrogens with zero attached hydrogens (tertiary/aromatic N) is 3. The van der Waals surface area contributed by atoms with E-state index in [0.29, 0.717) is 32.5 Å². The maximum Gasteiger partial charge on any atom is 0.191 e. The summed E-state index contributed by atoms with van der Waals surface area (Å²) in [5.74, 6) is 0. The van der Waals surface area contributed by atoms with E-state index in [1.807, 2.05) is 85.8 Å². The smallest absolute Gasteiger partial charge is 0.191 e. The molecule has 0 amide bonds. The summed E-state index contributed by atoms with van der Waals surface area (Å²) in [7, 11) is 0. The Morgan fingerprint density at radius 1 is 1.00 bits per heavy atom. The van der Waals surface area contributed by atoms with Crippen LogP contribution in [0.4, 0.5) is 15.8 Å². The van der Waals surface area contributed by atoms with E-state index in [1.54, 1.807) is 0 Å². The molecule has 32 heavy (non-hydrogen) atoms. The van der Waals surface area contributed by atoms with Gasteiger partial charge in [-0.15, -0.1) is 10.2 Å². The second kappa shape index (κ2) is 10.5. The van der Waals surface area contributed by atoms with E-state index >= 15 is 0 Å². The lowest BCUT2D eigenvalue weighted by Crippen LogP contribution is -2.27. The van der Waals surface area contributed by atoms with Crippen molar-refractivity contribution in [3.8, 4) is 11.3 Å². The third-order valence-corrected chi connectivity index (χ3v) is 5.94. The minimum atomic E-state index is 0.482. The molecule has 0 saturated heterocycles. The Balaban J connectivity index is 1.57. The first-order chi connectivity index (χ1) is 15.6. The van der Waals surface area contributed by atoms with Crippen molar-refractivity contribution in [2.24, 2.45) is 10.2 Å². The Morgan fingerprint density at radius 3 is 2.56 bits per heavy atom. The van der Waals surface area contributed by atoms with Crippen molar-refractivity contribution < 1.29 is 0 Å². The van der Waals surface area contributed by atoms with Crippen LogP contribution < -0.4 is 10.6 Å². The second-order valence-corrected chi connectivity index (χ2v) is 8.78. The van der Waals surface area contributed by atoms with Crippen molar-refractivity contribution in [1.82, 2.24) is 10.3 Å². The Morgan fingerprint density at radius 2 is 1.78 bits per heavy atom. The molecule has 1 heterocycles. The third kappa shape index (κ3) is 5.76. The molecular formula is C24H20ClN5S2. The zero-order valence-electron chi connectivity index (χ0n) is 17.2. The first-order valence-electron chi connectivity index (χ1n) is 9.91. The van der Waals surface area contributed by atoms with Crippen molar-refractivity contribution in [1.29, 1.82) is 0 Å². The van der Waals surface area contributed by atoms with Crippen LogP contribution in [-0.2, 0) is 6.54 Å². The van der Waals surface area contributed by atoms with Crippen molar-refractivity contribution in [2.45, 2.75) is 13.5 Å². The Labute approximate surface area is 201 Å². The van der Waals surface area contributed by atoms with Gasteiger partial charge in [0.05, 0.1) is 10.7 Å². The summed E-state index contributed by atoms with van der Waals surface area (Å²) in [6.07, 6.45) is 0. The predicted molar refractivity (Wildman–Crippen MR) is 137 cm³/mol. The molecule has 160 valence electrons. The first kappa shape index (κ1) is 22.1. The lowest BCUT2D eigenvalue weighted by atomic mass is 10.1. The van der Waals surface area contributed by atoms with Gasteiger partial charge in [0.1, 0.15) is 5.69 Å². The Bertz CT molecular complexity index is 1250. The standard InChI is InChI=1S/C24H20ClN5S2/c1-16-8-7-11-18(14-16)29-30-22-21(19-12-5-6-13-20(19)25)27-24(32-22)28-23(31)26-15-17-9-3-2-4-10-17/h2-14H,15H2,1H3,(H2,26,27,28,31). The van der Waals surface area contributed by atoms with Gasteiger partial charge in [-0.05, 0) is 48.5 Å². The molecule has 0 atom stereocenters. The molecule has 0 unspecified atom stereocenters. The maximum atomic E-state index is 6.44. The van der Waals surface area contributed by atoms with Gasteiger partial charge in [-0.3, -0.25) is 0 Å². The number of aryl methyl sites for hydroxylation is 1. The number of nitrogens with one attached hydrogen (secondary N) is 2. The average Bonchev–Trinajstić information content (AvgIpc) is 3.19. The number of rotatable bonds is 6. The Hall–Kier alpha value is -3.13. The van der Waals surface area contributed by atoms with Crippen LogP contribution in [-0.4, -0.2) is 10.1 Å². The van der Waals surface area contributed by atoms with Gasteiger partial charge in [0.2, 0.25) is 0 Å². The lowest BCUT2D eigenvalue weighted by molar-refractivity contribution is 0.925. The highest BCUT2D eigenvalue weighted by molar-refractivity contribution is 7.80. The number of anilines is 1. The highest BCUT2D eigenvalue weighted by Gasteiger charge is 2.16. The van der Waals surface area contributed by atoms with Crippen molar-refractivity contribution in [3.05, 3.63) is 95.0 Å². The summed E-state index contributed by atoms with van der Waals surface area (Å²) in [5.41, 5.74) is 4.48. The molecule has 0 radical (unpaired) electrons. The highest BCUT2D eigenvalue weighted by atomic mass is 35.5. The fraction of sp³-hybridized carbons (Fsp3) is 0.0833. The Kier molecular flexibility index (Phi) is 7.21. The normalized spacial score (nSPS) is 10.9. The van der Waals surface area contributed by atoms with E-state index in [-0.39, 0.29) is 0 Å². The molecule has 4 aromatic rings. The zero-order valence-corrected chi connectivity index (χ0v) is 19.6. The SMILES string of the molecule is Cc1cccc(N=Nc2sc(NC(=S)NCc3ccccc3)nc2-c2ccccc2Cl)c1. The molecule has 0 bridgehead atoms. The number of halogens is 1. The van der Waals surface area contributed by atoms with Gasteiger partial charge in [-0.2, -0.15) is 0 Å². The van der Waals surface area contributed by atoms with Gasteiger partial charge < -0.3 is 10.6 Å². The predicted octanol–water partition coefficient (Wildman–Crippen LogP) is 7.67. The first-order valence-corrected chi connectivity index (χ1v) is 11.5. The van der Waals surface area contributed by atoms with Gasteiger partial charge >= 0.3 is 0 Å². The minimum Gasteiger partial charge on any atom is -0.358 e. The number of aromatic nitrogens is 1. The van der Waals surface area contributed by atoms with Crippen LogP contribution in [0.1, 0.15) is 11.1 Å². The number of azo groups is 1. The summed E-state index contributed by atoms with van der Waals surface area (Å²) in [4.78, 5) is 4.71. The molecule has 0 fully saturated rings. The third-order valence-electron chi connectivity index (χ3n) is 4.51. The van der Waals surface area contributed by atoms with Crippen LogP contribution in [0.2, 0.25) is 5.02 Å². The molecule has 1 aromatic heterocycles. The van der Waals surface area contributed by atoms with E-state index in [1.165, 1.54) is 11.3 Å². The summed E-state index contributed by atoms with van der Waals surface area (Å²) < 4.78 is 0. The molecule has 5 nitrogen and oxygen atoms in total. The van der Waals surface area contributed by atoms with Crippen LogP contribution in [0.5, 0.6) is 0 Å². The monoisotopic (exact) mass is 477 g/mol. The number of benzene rings is 3. The summed E-state index contributed by atoms with van der Waals surface area (Å²) in [6.45, 7) is 2.64. The second-order valence-electron chi connectivity index (χ2n) is 6.98. The fourth-order valence-corrected chi connectivity index (χ4v) is 4.24. The maximum absolute atomic E-state index is 6.44. The van der Waals surface area contributed by atoms with Gasteiger partial charge in [0.25, 0.3) is 0 Å². The van der Waals surface area contributed by atoms with Crippen LogP contribution >= 0.6 is 35.2 Å². The quantitative estimate of drug-likeness (QED) is 0.221. The van der Waals surface area contributed by atoms with E-state index < -0.39 is 0 Å². The molecule has 2 N–H and O–H groups in total. The number of thiocarbonyl (C=S) groups is 1. The van der Waals surface area contributed by atoms with Crippen molar-refractivity contribution >= 4 is 56.1 Å². The summed E-state index contributed by atoms with van der Waals surface area (Å²) >= 11 is 13.3. The fourth-order valence-electron chi connectivity index (χ4n) is 2.97. The average molecular weight is 478 g/mol. The molecule has 0 saturated carbocycles. The number of hydrogen-bond donors (Lipinski definition) is 2. The van der Waals surface area contributed by atoms with Crippen LogP contribution in [0.25, 0.3) is 11.3 Å². The molecule has 0 aliphatic carbocycles. The molecule has 8 heteroatoms. The largest absolute Gasteiger partial charge is 0.358 e. The summed E-state index contributed by atoms with van der Waals surface area (Å²) in [5, 5.41) is 17.6. The molecular weight excluding hydrogens is 458 g/mol. The molecule has 0 aliphatic heterocycles. The molecule has 3 aromatic carbocycles. The van der Waals surface area contributed by atoms with E-state index in [2.05, 4.69) is 20.9 Å². The van der Waals surface area contributed by atoms with E-state index in [9.17, 15) is 0 Å². The summed E-state index contributed by atoms with van der Waals surface area (Å²) in [6, 6.07) is 25.5. The molecule has 4 rings (SSSR count). The number of hydrogen-bond acceptors (Lipinski definition) is 5. The van der Waals surface area contributed by atoms with Crippen molar-refractivity contribution in [3.63, 3.8) is 0 Å². The minimum absolute atomic E-state index is 0.482. The van der Waals surface area contributed by atoms with Crippen LogP contribution in [0, 0.1) is 6.92 Å². The van der Waals surface area contributed by atoms with E-state index in [4.69, 9.17) is 28.8 Å². The van der Waals surface area contributed by atoms with Gasteiger partial charge in [0, 0.05) is 12.1 Å². The number of thiazole rings is 1. The lowest BCUT2D eigenvalue weighted by Gasteiger charge is -2.08. The highest BCUT2D eigenvalue weighted by Crippen LogP contribution is 2.41. The van der Waals surface area contributed by atoms with Crippen LogP contribution in [0.15, 0.2) is 89.1 Å². The van der Waals surface area contributed by atoms with Gasteiger partial charge in [0.15, 0.2) is 15.2 Å². The molecule has 0 spiro atoms.